The highest BCUT2D eigenvalue weighted by atomic mass is 32.1. The Labute approximate surface area is 106 Å². The molecule has 1 aromatic heterocycles. The summed E-state index contributed by atoms with van der Waals surface area (Å²) in [7, 11) is 0. The van der Waals surface area contributed by atoms with Crippen molar-refractivity contribution in [2.75, 3.05) is 6.61 Å². The monoisotopic (exact) mass is 254 g/mol. The maximum Gasteiger partial charge on any atom is 0.352 e. The quantitative estimate of drug-likeness (QED) is 0.771. The molecule has 0 N–H and O–H groups in total. The van der Waals surface area contributed by atoms with Gasteiger partial charge in [-0.15, -0.1) is 11.3 Å². The molecule has 94 valence electrons. The molecule has 0 atom stereocenters. The van der Waals surface area contributed by atoms with Crippen LogP contribution in [0.3, 0.4) is 0 Å². The third-order valence-corrected chi connectivity index (χ3v) is 3.25. The van der Waals surface area contributed by atoms with Gasteiger partial charge in [0.1, 0.15) is 11.4 Å². The highest BCUT2D eigenvalue weighted by molar-refractivity contribution is 7.12. The predicted molar refractivity (Wildman–Crippen MR) is 67.7 cm³/mol. The van der Waals surface area contributed by atoms with Crippen molar-refractivity contribution in [3.63, 3.8) is 0 Å². The lowest BCUT2D eigenvalue weighted by Crippen LogP contribution is -2.23. The van der Waals surface area contributed by atoms with Gasteiger partial charge in [0, 0.05) is 0 Å². The average Bonchev–Trinajstić information content (AvgIpc) is 2.93. The lowest BCUT2D eigenvalue weighted by Gasteiger charge is -2.21. The Balaban J connectivity index is 1.98. The first-order chi connectivity index (χ1) is 7.96. The summed E-state index contributed by atoms with van der Waals surface area (Å²) >= 11 is 1.37. The zero-order chi connectivity index (χ0) is 12.5. The minimum Gasteiger partial charge on any atom is -0.486 e. The molecule has 0 unspecified atom stereocenters. The van der Waals surface area contributed by atoms with Crippen LogP contribution >= 0.6 is 11.3 Å². The van der Waals surface area contributed by atoms with Gasteiger partial charge in [-0.25, -0.2) is 4.79 Å². The van der Waals surface area contributed by atoms with Gasteiger partial charge in [-0.05, 0) is 51.0 Å². The van der Waals surface area contributed by atoms with Crippen LogP contribution in [0.1, 0.15) is 43.3 Å². The lowest BCUT2D eigenvalue weighted by atomic mass is 10.2. The molecule has 1 aliphatic carbocycles. The zero-order valence-electron chi connectivity index (χ0n) is 10.5. The summed E-state index contributed by atoms with van der Waals surface area (Å²) in [6, 6.07) is 1.82. The van der Waals surface area contributed by atoms with Crippen LogP contribution < -0.4 is 4.74 Å². The van der Waals surface area contributed by atoms with E-state index in [1.807, 2.05) is 32.2 Å². The Bertz CT molecular complexity index is 399. The second-order valence-corrected chi connectivity index (χ2v) is 6.29. The van der Waals surface area contributed by atoms with E-state index in [-0.39, 0.29) is 11.6 Å². The van der Waals surface area contributed by atoms with Gasteiger partial charge in [0.2, 0.25) is 0 Å². The highest BCUT2D eigenvalue weighted by Gasteiger charge is 2.25. The Morgan fingerprint density at radius 3 is 2.76 bits per heavy atom. The molecular formula is C13H18O3S. The molecule has 0 saturated heterocycles. The van der Waals surface area contributed by atoms with Crippen molar-refractivity contribution in [1.82, 2.24) is 0 Å². The van der Waals surface area contributed by atoms with Crippen molar-refractivity contribution >= 4 is 17.3 Å². The summed E-state index contributed by atoms with van der Waals surface area (Å²) in [6.07, 6.45) is 2.37. The molecule has 1 heterocycles. The van der Waals surface area contributed by atoms with Gasteiger partial charge >= 0.3 is 5.97 Å². The van der Waals surface area contributed by atoms with Crippen molar-refractivity contribution in [3.05, 3.63) is 16.3 Å². The average molecular weight is 254 g/mol. The molecule has 0 aliphatic heterocycles. The molecule has 4 heteroatoms. The highest BCUT2D eigenvalue weighted by Crippen LogP contribution is 2.31. The molecule has 0 bridgehead atoms. The first kappa shape index (κ1) is 12.4. The molecule has 1 aliphatic rings. The molecule has 1 fully saturated rings. The predicted octanol–water partition coefficient (Wildman–Crippen LogP) is 3.49. The number of thiophene rings is 1. The second kappa shape index (κ2) is 4.69. The maximum absolute atomic E-state index is 11.9. The summed E-state index contributed by atoms with van der Waals surface area (Å²) in [4.78, 5) is 12.4. The minimum atomic E-state index is -0.299. The molecule has 0 amide bonds. The maximum atomic E-state index is 11.9. The van der Waals surface area contributed by atoms with Crippen molar-refractivity contribution in [2.45, 2.75) is 39.2 Å². The van der Waals surface area contributed by atoms with Gasteiger partial charge in [-0.1, -0.05) is 0 Å². The fourth-order valence-electron chi connectivity index (χ4n) is 1.40. The van der Waals surface area contributed by atoms with E-state index in [0.717, 1.165) is 0 Å². The molecule has 17 heavy (non-hydrogen) atoms. The molecule has 0 radical (unpaired) electrons. The fraction of sp³-hybridized carbons (Fsp3) is 0.615. The molecule has 1 aromatic rings. The molecule has 0 aromatic carbocycles. The van der Waals surface area contributed by atoms with Crippen LogP contribution in [-0.2, 0) is 4.74 Å². The smallest absolute Gasteiger partial charge is 0.352 e. The lowest BCUT2D eigenvalue weighted by molar-refractivity contribution is 0.0480. The van der Waals surface area contributed by atoms with E-state index in [2.05, 4.69) is 0 Å². The van der Waals surface area contributed by atoms with Crippen LogP contribution in [0.2, 0.25) is 0 Å². The van der Waals surface area contributed by atoms with Crippen molar-refractivity contribution in [2.24, 2.45) is 5.92 Å². The third-order valence-electron chi connectivity index (χ3n) is 2.38. The number of hydrogen-bond acceptors (Lipinski definition) is 4. The summed E-state index contributed by atoms with van der Waals surface area (Å²) in [6.45, 7) is 6.43. The van der Waals surface area contributed by atoms with Crippen LogP contribution in [0.4, 0.5) is 0 Å². The van der Waals surface area contributed by atoms with Crippen LogP contribution in [-0.4, -0.2) is 18.2 Å². The van der Waals surface area contributed by atoms with E-state index in [9.17, 15) is 4.79 Å². The second-order valence-electron chi connectivity index (χ2n) is 5.37. The van der Waals surface area contributed by atoms with E-state index >= 15 is 0 Å². The Kier molecular flexibility index (Phi) is 3.43. The van der Waals surface area contributed by atoms with E-state index in [4.69, 9.17) is 9.47 Å². The van der Waals surface area contributed by atoms with Gasteiger partial charge in [-0.2, -0.15) is 0 Å². The minimum absolute atomic E-state index is 0.258. The summed E-state index contributed by atoms with van der Waals surface area (Å²) in [5, 5.41) is 1.86. The Hall–Kier alpha value is -1.03. The number of hydrogen-bond donors (Lipinski definition) is 0. The van der Waals surface area contributed by atoms with Gasteiger partial charge in [0.05, 0.1) is 6.61 Å². The van der Waals surface area contributed by atoms with Gasteiger partial charge < -0.3 is 9.47 Å². The molecule has 0 spiro atoms. The van der Waals surface area contributed by atoms with Gasteiger partial charge in [0.15, 0.2) is 4.88 Å². The Morgan fingerprint density at radius 2 is 2.18 bits per heavy atom. The largest absolute Gasteiger partial charge is 0.486 e. The topological polar surface area (TPSA) is 35.5 Å². The summed E-state index contributed by atoms with van der Waals surface area (Å²) < 4.78 is 11.0. The molecule has 2 rings (SSSR count). The first-order valence-electron chi connectivity index (χ1n) is 5.89. The zero-order valence-corrected chi connectivity index (χ0v) is 11.3. The number of rotatable bonds is 4. The van der Waals surface area contributed by atoms with Crippen LogP contribution in [0, 0.1) is 5.92 Å². The fourth-order valence-corrected chi connectivity index (χ4v) is 2.11. The summed E-state index contributed by atoms with van der Waals surface area (Å²) in [5.41, 5.74) is -0.299. The van der Waals surface area contributed by atoms with Crippen molar-refractivity contribution in [1.29, 1.82) is 0 Å². The van der Waals surface area contributed by atoms with Gasteiger partial charge in [0.25, 0.3) is 0 Å². The van der Waals surface area contributed by atoms with Crippen LogP contribution in [0.15, 0.2) is 11.4 Å². The first-order valence-corrected chi connectivity index (χ1v) is 6.77. The van der Waals surface area contributed by atoms with E-state index < -0.39 is 0 Å². The SMILES string of the molecule is CC(C)(C)Oc1ccsc1C(=O)OCC1CC1. The van der Waals surface area contributed by atoms with Gasteiger partial charge in [-0.3, -0.25) is 0 Å². The van der Waals surface area contributed by atoms with Crippen molar-refractivity contribution < 1.29 is 14.3 Å². The van der Waals surface area contributed by atoms with E-state index in [1.165, 1.54) is 24.2 Å². The molecular weight excluding hydrogens is 236 g/mol. The third kappa shape index (κ3) is 3.73. The number of ether oxygens (including phenoxy) is 2. The molecule has 1 saturated carbocycles. The number of esters is 1. The van der Waals surface area contributed by atoms with Crippen LogP contribution in [0.5, 0.6) is 5.75 Å². The normalized spacial score (nSPS) is 15.7. The number of carbonyl (C=O) groups excluding carboxylic acids is 1. The standard InChI is InChI=1S/C13H18O3S/c1-13(2,3)16-10-6-7-17-11(10)12(14)15-8-9-4-5-9/h6-7,9H,4-5,8H2,1-3H3. The van der Waals surface area contributed by atoms with E-state index in [0.29, 0.717) is 23.2 Å². The Morgan fingerprint density at radius 1 is 1.47 bits per heavy atom. The molecule has 3 nitrogen and oxygen atoms in total. The van der Waals surface area contributed by atoms with Crippen LogP contribution in [0.25, 0.3) is 0 Å². The summed E-state index contributed by atoms with van der Waals surface area (Å²) in [5.74, 6) is 0.959. The number of carbonyl (C=O) groups is 1. The van der Waals surface area contributed by atoms with Crippen molar-refractivity contribution in [3.8, 4) is 5.75 Å². The van der Waals surface area contributed by atoms with E-state index in [1.54, 1.807) is 0 Å².